The zero-order valence-electron chi connectivity index (χ0n) is 18.3. The quantitative estimate of drug-likeness (QED) is 0.286. The molecule has 0 amide bonds. The highest BCUT2D eigenvalue weighted by Crippen LogP contribution is 2.33. The van der Waals surface area contributed by atoms with Gasteiger partial charge in [0.25, 0.3) is 0 Å². The summed E-state index contributed by atoms with van der Waals surface area (Å²) in [5.41, 5.74) is 10.7. The molecule has 0 spiro atoms. The van der Waals surface area contributed by atoms with Gasteiger partial charge in [0.2, 0.25) is 0 Å². The molecular weight excluding hydrogens is 366 g/mol. The Labute approximate surface area is 181 Å². The SMILES string of the molecule is CCCc1c(CCCCNO)ccc([C](Cc2ccccc2)c2ccccc2)c1C. The lowest BCUT2D eigenvalue weighted by Crippen LogP contribution is -2.12. The van der Waals surface area contributed by atoms with Crippen LogP contribution >= 0.6 is 0 Å². The van der Waals surface area contributed by atoms with Gasteiger partial charge in [-0.2, -0.15) is 0 Å². The first kappa shape index (κ1) is 22.3. The second kappa shape index (κ2) is 11.7. The fourth-order valence-corrected chi connectivity index (χ4v) is 4.28. The molecule has 0 aliphatic carbocycles. The molecule has 0 aromatic heterocycles. The molecule has 3 aromatic carbocycles. The van der Waals surface area contributed by atoms with Crippen LogP contribution < -0.4 is 5.48 Å². The Morgan fingerprint density at radius 1 is 0.833 bits per heavy atom. The maximum atomic E-state index is 8.82. The molecule has 3 rings (SSSR count). The van der Waals surface area contributed by atoms with E-state index in [1.165, 1.54) is 39.3 Å². The Morgan fingerprint density at radius 2 is 1.53 bits per heavy atom. The molecule has 0 saturated carbocycles. The second-order valence-corrected chi connectivity index (χ2v) is 8.00. The van der Waals surface area contributed by atoms with E-state index >= 15 is 0 Å². The highest BCUT2D eigenvalue weighted by atomic mass is 16.5. The lowest BCUT2D eigenvalue weighted by atomic mass is 9.80. The van der Waals surface area contributed by atoms with E-state index < -0.39 is 0 Å². The molecule has 30 heavy (non-hydrogen) atoms. The Morgan fingerprint density at radius 3 is 2.20 bits per heavy atom. The molecule has 157 valence electrons. The van der Waals surface area contributed by atoms with Crippen LogP contribution in [0, 0.1) is 12.8 Å². The second-order valence-electron chi connectivity index (χ2n) is 8.00. The third kappa shape index (κ3) is 5.81. The normalized spacial score (nSPS) is 11.2. The van der Waals surface area contributed by atoms with Gasteiger partial charge in [0.05, 0.1) is 0 Å². The van der Waals surface area contributed by atoms with E-state index in [-0.39, 0.29) is 0 Å². The van der Waals surface area contributed by atoms with Crippen LogP contribution in [0.5, 0.6) is 0 Å². The summed E-state index contributed by atoms with van der Waals surface area (Å²) in [6.07, 6.45) is 6.33. The summed E-state index contributed by atoms with van der Waals surface area (Å²) in [7, 11) is 0. The Kier molecular flexibility index (Phi) is 8.67. The van der Waals surface area contributed by atoms with Crippen molar-refractivity contribution in [3.05, 3.63) is 112 Å². The summed E-state index contributed by atoms with van der Waals surface area (Å²) in [5.74, 6) is 1.40. The molecular formula is C28H34NO. The Bertz CT molecular complexity index is 889. The molecule has 2 nitrogen and oxygen atoms in total. The first-order chi connectivity index (χ1) is 14.7. The van der Waals surface area contributed by atoms with E-state index in [0.29, 0.717) is 6.54 Å². The zero-order chi connectivity index (χ0) is 21.2. The molecule has 0 unspecified atom stereocenters. The minimum atomic E-state index is 0.656. The van der Waals surface area contributed by atoms with Crippen molar-refractivity contribution >= 4 is 0 Å². The molecule has 0 heterocycles. The predicted molar refractivity (Wildman–Crippen MR) is 126 cm³/mol. The highest BCUT2D eigenvalue weighted by Gasteiger charge is 2.20. The van der Waals surface area contributed by atoms with E-state index in [9.17, 15) is 0 Å². The van der Waals surface area contributed by atoms with Crippen molar-refractivity contribution in [1.82, 2.24) is 5.48 Å². The van der Waals surface area contributed by atoms with E-state index in [2.05, 4.69) is 92.1 Å². The molecule has 0 aliphatic heterocycles. The Hall–Kier alpha value is -2.42. The largest absolute Gasteiger partial charge is 0.317 e. The van der Waals surface area contributed by atoms with Crippen molar-refractivity contribution in [2.24, 2.45) is 0 Å². The number of hydrogen-bond donors (Lipinski definition) is 2. The molecule has 0 atom stereocenters. The van der Waals surface area contributed by atoms with Gasteiger partial charge in [-0.15, -0.1) is 0 Å². The number of nitrogens with one attached hydrogen (secondary N) is 1. The zero-order valence-corrected chi connectivity index (χ0v) is 18.3. The molecule has 3 aromatic rings. The standard InChI is InChI=1S/C28H34NO/c1-3-12-26-22(2)27(19-18-25(26)17-10-11-20-29-30)28(24-15-8-5-9-16-24)21-23-13-6-4-7-14-23/h4-9,13-16,18-19,29-30H,3,10-12,17,20-21H2,1-2H3. The summed E-state index contributed by atoms with van der Waals surface area (Å²) in [4.78, 5) is 0. The van der Waals surface area contributed by atoms with Gasteiger partial charge in [-0.1, -0.05) is 86.1 Å². The molecule has 0 saturated heterocycles. The number of hydroxylamine groups is 1. The van der Waals surface area contributed by atoms with Crippen molar-refractivity contribution in [1.29, 1.82) is 0 Å². The fraction of sp³-hybridized carbons (Fsp3) is 0.321. The monoisotopic (exact) mass is 400 g/mol. The van der Waals surface area contributed by atoms with Crippen molar-refractivity contribution in [2.75, 3.05) is 6.54 Å². The van der Waals surface area contributed by atoms with Gasteiger partial charge in [0, 0.05) is 12.5 Å². The molecule has 0 aliphatic rings. The van der Waals surface area contributed by atoms with E-state index in [1.54, 1.807) is 0 Å². The minimum Gasteiger partial charge on any atom is -0.317 e. The van der Waals surface area contributed by atoms with E-state index in [1.807, 2.05) is 0 Å². The summed E-state index contributed by atoms with van der Waals surface area (Å²) >= 11 is 0. The molecule has 1 radical (unpaired) electrons. The van der Waals surface area contributed by atoms with Crippen molar-refractivity contribution < 1.29 is 5.21 Å². The summed E-state index contributed by atoms with van der Waals surface area (Å²) in [6, 6.07) is 26.2. The maximum absolute atomic E-state index is 8.82. The minimum absolute atomic E-state index is 0.656. The number of aryl methyl sites for hydroxylation is 1. The van der Waals surface area contributed by atoms with Crippen LogP contribution in [0.3, 0.4) is 0 Å². The molecule has 0 fully saturated rings. The number of benzene rings is 3. The summed E-state index contributed by atoms with van der Waals surface area (Å²) < 4.78 is 0. The lowest BCUT2D eigenvalue weighted by molar-refractivity contribution is 0.165. The number of unbranched alkanes of at least 4 members (excludes halogenated alkanes) is 1. The van der Waals surface area contributed by atoms with Crippen LogP contribution in [-0.4, -0.2) is 11.8 Å². The van der Waals surface area contributed by atoms with Crippen LogP contribution in [-0.2, 0) is 19.3 Å². The van der Waals surface area contributed by atoms with Gasteiger partial charge in [0.15, 0.2) is 0 Å². The van der Waals surface area contributed by atoms with Gasteiger partial charge in [-0.05, 0) is 72.4 Å². The third-order valence-electron chi connectivity index (χ3n) is 5.85. The molecule has 2 heteroatoms. The van der Waals surface area contributed by atoms with Gasteiger partial charge >= 0.3 is 0 Å². The maximum Gasteiger partial charge on any atom is 0.0386 e. The lowest BCUT2D eigenvalue weighted by Gasteiger charge is -2.23. The number of rotatable bonds is 11. The molecule has 2 N–H and O–H groups in total. The van der Waals surface area contributed by atoms with Crippen LogP contribution in [0.4, 0.5) is 0 Å². The van der Waals surface area contributed by atoms with Crippen molar-refractivity contribution in [2.45, 2.75) is 52.4 Å². The van der Waals surface area contributed by atoms with Crippen molar-refractivity contribution in [3.63, 3.8) is 0 Å². The van der Waals surface area contributed by atoms with Gasteiger partial charge < -0.3 is 5.21 Å². The van der Waals surface area contributed by atoms with Gasteiger partial charge in [-0.25, -0.2) is 5.48 Å². The van der Waals surface area contributed by atoms with Crippen LogP contribution in [0.15, 0.2) is 72.8 Å². The van der Waals surface area contributed by atoms with Gasteiger partial charge in [-0.3, -0.25) is 0 Å². The first-order valence-electron chi connectivity index (χ1n) is 11.2. The van der Waals surface area contributed by atoms with E-state index in [0.717, 1.165) is 38.5 Å². The topological polar surface area (TPSA) is 32.3 Å². The molecule has 0 bridgehead atoms. The van der Waals surface area contributed by atoms with Crippen LogP contribution in [0.1, 0.15) is 59.6 Å². The smallest absolute Gasteiger partial charge is 0.0386 e. The summed E-state index contributed by atoms with van der Waals surface area (Å²) in [5, 5.41) is 8.82. The predicted octanol–water partition coefficient (Wildman–Crippen LogP) is 6.46. The Balaban J connectivity index is 1.97. The number of hydrogen-bond acceptors (Lipinski definition) is 2. The summed E-state index contributed by atoms with van der Waals surface area (Å²) in [6.45, 7) is 5.22. The first-order valence-corrected chi connectivity index (χ1v) is 11.2. The highest BCUT2D eigenvalue weighted by molar-refractivity contribution is 5.54. The van der Waals surface area contributed by atoms with Crippen LogP contribution in [0.25, 0.3) is 0 Å². The van der Waals surface area contributed by atoms with Crippen LogP contribution in [0.2, 0.25) is 0 Å². The van der Waals surface area contributed by atoms with E-state index in [4.69, 9.17) is 5.21 Å². The third-order valence-corrected chi connectivity index (χ3v) is 5.85. The average Bonchev–Trinajstić information content (AvgIpc) is 2.79. The van der Waals surface area contributed by atoms with Crippen molar-refractivity contribution in [3.8, 4) is 0 Å². The van der Waals surface area contributed by atoms with Gasteiger partial charge in [0.1, 0.15) is 0 Å². The fourth-order valence-electron chi connectivity index (χ4n) is 4.28. The average molecular weight is 401 g/mol.